The zero-order valence-corrected chi connectivity index (χ0v) is 18.1. The molecule has 4 heterocycles. The number of thioether (sulfide) groups is 1. The lowest BCUT2D eigenvalue weighted by molar-refractivity contribution is -0.130. The maximum absolute atomic E-state index is 13.0. The van der Waals surface area contributed by atoms with Gasteiger partial charge in [0, 0.05) is 16.9 Å². The van der Waals surface area contributed by atoms with Crippen LogP contribution < -0.4 is 0 Å². The monoisotopic (exact) mass is 452 g/mol. The summed E-state index contributed by atoms with van der Waals surface area (Å²) in [6, 6.07) is 17.6. The van der Waals surface area contributed by atoms with Crippen LogP contribution in [-0.2, 0) is 4.79 Å². The number of rotatable bonds is 6. The summed E-state index contributed by atoms with van der Waals surface area (Å²) in [7, 11) is 0. The summed E-state index contributed by atoms with van der Waals surface area (Å²) in [5.74, 6) is 0.546. The van der Waals surface area contributed by atoms with E-state index in [4.69, 9.17) is 4.42 Å². The van der Waals surface area contributed by atoms with E-state index < -0.39 is 0 Å². The van der Waals surface area contributed by atoms with E-state index in [-0.39, 0.29) is 17.7 Å². The molecule has 6 nitrogen and oxygen atoms in total. The Balaban J connectivity index is 1.31. The van der Waals surface area contributed by atoms with Crippen molar-refractivity contribution in [1.82, 2.24) is 15.2 Å². The molecule has 1 atom stereocenters. The second kappa shape index (κ2) is 8.55. The highest BCUT2D eigenvalue weighted by molar-refractivity contribution is 7.99. The fourth-order valence-corrected chi connectivity index (χ4v) is 5.34. The van der Waals surface area contributed by atoms with Gasteiger partial charge in [0.05, 0.1) is 22.4 Å². The van der Waals surface area contributed by atoms with E-state index in [0.29, 0.717) is 11.1 Å². The van der Waals surface area contributed by atoms with E-state index in [1.165, 1.54) is 11.8 Å². The van der Waals surface area contributed by atoms with Crippen molar-refractivity contribution in [1.29, 1.82) is 0 Å². The van der Waals surface area contributed by atoms with Gasteiger partial charge in [0.1, 0.15) is 0 Å². The summed E-state index contributed by atoms with van der Waals surface area (Å²) in [5, 5.41) is 18.8. The second-order valence-electron chi connectivity index (χ2n) is 6.53. The molecule has 5 rings (SSSR count). The third-order valence-corrected chi connectivity index (χ3v) is 7.29. The standard InChI is InChI=1S/C21H16N4O2S3/c26-19(13-30-21-23-22-20(27-21)14-6-2-1-3-7-14)25-16(18-9-5-11-29-18)12-15(24-25)17-8-4-10-28-17/h1-11,16H,12-13H2/t16-/m0/s1. The van der Waals surface area contributed by atoms with Crippen molar-refractivity contribution in [3.05, 3.63) is 75.1 Å². The minimum atomic E-state index is -0.0792. The quantitative estimate of drug-likeness (QED) is 0.370. The molecule has 1 aliphatic rings. The van der Waals surface area contributed by atoms with Crippen LogP contribution in [0.1, 0.15) is 22.2 Å². The van der Waals surface area contributed by atoms with Crippen LogP contribution in [0.3, 0.4) is 0 Å². The maximum atomic E-state index is 13.0. The van der Waals surface area contributed by atoms with Crippen LogP contribution in [0.15, 0.2) is 80.1 Å². The smallest absolute Gasteiger partial charge is 0.277 e. The Morgan fingerprint density at radius 1 is 1.07 bits per heavy atom. The van der Waals surface area contributed by atoms with Crippen LogP contribution in [0.25, 0.3) is 11.5 Å². The molecule has 0 spiro atoms. The van der Waals surface area contributed by atoms with Gasteiger partial charge in [-0.1, -0.05) is 42.1 Å². The van der Waals surface area contributed by atoms with Crippen molar-refractivity contribution < 1.29 is 9.21 Å². The lowest BCUT2D eigenvalue weighted by Gasteiger charge is -2.20. The number of benzene rings is 1. The number of nitrogens with zero attached hydrogens (tertiary/aromatic N) is 4. The van der Waals surface area contributed by atoms with Gasteiger partial charge < -0.3 is 4.42 Å². The van der Waals surface area contributed by atoms with Gasteiger partial charge in [0.25, 0.3) is 11.1 Å². The average Bonchev–Trinajstić information content (AvgIpc) is 3.57. The molecule has 30 heavy (non-hydrogen) atoms. The summed E-state index contributed by atoms with van der Waals surface area (Å²) in [6.07, 6.45) is 0.718. The van der Waals surface area contributed by atoms with Crippen molar-refractivity contribution >= 4 is 46.1 Å². The van der Waals surface area contributed by atoms with Crippen molar-refractivity contribution in [2.45, 2.75) is 17.7 Å². The summed E-state index contributed by atoms with van der Waals surface area (Å²) in [5.41, 5.74) is 1.80. The molecule has 0 fully saturated rings. The van der Waals surface area contributed by atoms with E-state index in [2.05, 4.69) is 21.4 Å². The molecule has 0 unspecified atom stereocenters. The Hall–Kier alpha value is -2.75. The number of aromatic nitrogens is 2. The molecule has 3 aromatic heterocycles. The van der Waals surface area contributed by atoms with Crippen molar-refractivity contribution in [2.24, 2.45) is 5.10 Å². The molecule has 0 N–H and O–H groups in total. The highest BCUT2D eigenvalue weighted by Gasteiger charge is 2.34. The molecule has 1 aromatic carbocycles. The first-order chi connectivity index (χ1) is 14.8. The zero-order chi connectivity index (χ0) is 20.3. The SMILES string of the molecule is O=C(CSc1nnc(-c2ccccc2)o1)N1N=C(c2cccs2)C[C@H]1c1cccs1. The predicted octanol–water partition coefficient (Wildman–Crippen LogP) is 5.33. The van der Waals surface area contributed by atoms with Crippen LogP contribution in [0, 0.1) is 0 Å². The van der Waals surface area contributed by atoms with Crippen LogP contribution in [0.5, 0.6) is 0 Å². The lowest BCUT2D eigenvalue weighted by Crippen LogP contribution is -2.28. The largest absolute Gasteiger partial charge is 0.411 e. The normalized spacial score (nSPS) is 16.1. The summed E-state index contributed by atoms with van der Waals surface area (Å²) < 4.78 is 5.70. The van der Waals surface area contributed by atoms with Crippen LogP contribution >= 0.6 is 34.4 Å². The molecule has 1 amide bonds. The summed E-state index contributed by atoms with van der Waals surface area (Å²) >= 11 is 4.52. The van der Waals surface area contributed by atoms with Gasteiger partial charge in [-0.05, 0) is 35.0 Å². The first-order valence-corrected chi connectivity index (χ1v) is 12.0. The Kier molecular flexibility index (Phi) is 5.48. The van der Waals surface area contributed by atoms with Gasteiger partial charge in [-0.25, -0.2) is 5.01 Å². The van der Waals surface area contributed by atoms with E-state index in [1.54, 1.807) is 27.7 Å². The van der Waals surface area contributed by atoms with Gasteiger partial charge >= 0.3 is 0 Å². The summed E-state index contributed by atoms with van der Waals surface area (Å²) in [4.78, 5) is 15.3. The van der Waals surface area contributed by atoms with Crippen LogP contribution in [0.4, 0.5) is 0 Å². The third-order valence-electron chi connectivity index (χ3n) is 4.59. The van der Waals surface area contributed by atoms with E-state index in [1.807, 2.05) is 59.3 Å². The minimum Gasteiger partial charge on any atom is -0.411 e. The van der Waals surface area contributed by atoms with Crippen LogP contribution in [-0.4, -0.2) is 32.6 Å². The van der Waals surface area contributed by atoms with Gasteiger partial charge in [0.2, 0.25) is 5.89 Å². The number of thiophene rings is 2. The summed E-state index contributed by atoms with van der Waals surface area (Å²) in [6.45, 7) is 0. The molecule has 0 bridgehead atoms. The molecular formula is C21H16N4O2S3. The molecule has 0 saturated heterocycles. The molecule has 0 aliphatic carbocycles. The minimum absolute atomic E-state index is 0.0715. The molecule has 150 valence electrons. The molecule has 9 heteroatoms. The fraction of sp³-hybridized carbons (Fsp3) is 0.143. The number of carbonyl (C=O) groups is 1. The first-order valence-electron chi connectivity index (χ1n) is 9.26. The highest BCUT2D eigenvalue weighted by atomic mass is 32.2. The molecule has 4 aromatic rings. The molecular weight excluding hydrogens is 436 g/mol. The molecule has 0 saturated carbocycles. The van der Waals surface area contributed by atoms with E-state index in [9.17, 15) is 4.79 Å². The number of amides is 1. The maximum Gasteiger partial charge on any atom is 0.277 e. The van der Waals surface area contributed by atoms with Crippen LogP contribution in [0.2, 0.25) is 0 Å². The number of hydrazone groups is 1. The number of hydrogen-bond donors (Lipinski definition) is 0. The first kappa shape index (κ1) is 19.2. The average molecular weight is 453 g/mol. The zero-order valence-electron chi connectivity index (χ0n) is 15.7. The Morgan fingerprint density at radius 2 is 1.90 bits per heavy atom. The second-order valence-corrected chi connectivity index (χ2v) is 9.38. The molecule has 0 radical (unpaired) electrons. The van der Waals surface area contributed by atoms with Gasteiger partial charge in [-0.15, -0.1) is 32.9 Å². The van der Waals surface area contributed by atoms with Gasteiger partial charge in [0.15, 0.2) is 0 Å². The number of hydrogen-bond acceptors (Lipinski definition) is 8. The Labute approximate surface area is 185 Å². The Bertz CT molecular complexity index is 1150. The van der Waals surface area contributed by atoms with Crippen molar-refractivity contribution in [3.63, 3.8) is 0 Å². The van der Waals surface area contributed by atoms with Crippen molar-refractivity contribution in [2.75, 3.05) is 5.75 Å². The fourth-order valence-electron chi connectivity index (χ4n) is 3.19. The lowest BCUT2D eigenvalue weighted by atomic mass is 10.1. The third kappa shape index (κ3) is 3.96. The predicted molar refractivity (Wildman–Crippen MR) is 120 cm³/mol. The molecule has 1 aliphatic heterocycles. The topological polar surface area (TPSA) is 71.6 Å². The highest BCUT2D eigenvalue weighted by Crippen LogP contribution is 2.36. The van der Waals surface area contributed by atoms with E-state index in [0.717, 1.165) is 27.5 Å². The Morgan fingerprint density at radius 3 is 2.67 bits per heavy atom. The van der Waals surface area contributed by atoms with E-state index >= 15 is 0 Å². The number of carbonyl (C=O) groups excluding carboxylic acids is 1. The van der Waals surface area contributed by atoms with Gasteiger partial charge in [-0.3, -0.25) is 4.79 Å². The van der Waals surface area contributed by atoms with Crippen molar-refractivity contribution in [3.8, 4) is 11.5 Å². The van der Waals surface area contributed by atoms with Gasteiger partial charge in [-0.2, -0.15) is 5.10 Å².